The van der Waals surface area contributed by atoms with Crippen LogP contribution in [0.3, 0.4) is 0 Å². The highest BCUT2D eigenvalue weighted by Gasteiger charge is 2.38. The van der Waals surface area contributed by atoms with Gasteiger partial charge in [0.05, 0.1) is 18.5 Å². The zero-order valence-electron chi connectivity index (χ0n) is 30.9. The molecular weight excluding hydrogens is 735 g/mol. The second-order valence-corrected chi connectivity index (χ2v) is 17.5. The van der Waals surface area contributed by atoms with Crippen molar-refractivity contribution in [3.8, 4) is 11.1 Å². The predicted octanol–water partition coefficient (Wildman–Crippen LogP) is 13.0. The molecule has 4 heterocycles. The fraction of sp³-hybridized carbons (Fsp3) is 0.0980. The first-order valence-corrected chi connectivity index (χ1v) is 21.4. The van der Waals surface area contributed by atoms with Crippen LogP contribution in [0, 0.1) is 0 Å². The van der Waals surface area contributed by atoms with E-state index in [0.29, 0.717) is 0 Å². The highest BCUT2D eigenvalue weighted by Crippen LogP contribution is 2.56. The van der Waals surface area contributed by atoms with E-state index >= 15 is 0 Å². The van der Waals surface area contributed by atoms with E-state index in [1.165, 1.54) is 58.5 Å². The van der Waals surface area contributed by atoms with Gasteiger partial charge in [-0.2, -0.15) is 0 Å². The molecule has 0 spiro atoms. The number of hydrogen-bond donors (Lipinski definition) is 3. The molecule has 57 heavy (non-hydrogen) atoms. The van der Waals surface area contributed by atoms with Crippen LogP contribution in [0.4, 0.5) is 0 Å². The van der Waals surface area contributed by atoms with Gasteiger partial charge in [0, 0.05) is 58.1 Å². The Labute approximate surface area is 338 Å². The topological polar surface area (TPSA) is 49.2 Å². The van der Waals surface area contributed by atoms with Crippen molar-refractivity contribution in [1.82, 2.24) is 16.0 Å². The summed E-state index contributed by atoms with van der Waals surface area (Å²) in [7, 11) is 0. The van der Waals surface area contributed by atoms with E-state index in [9.17, 15) is 0 Å². The third-order valence-electron chi connectivity index (χ3n) is 12.0. The molecule has 3 N–H and O–H groups in total. The van der Waals surface area contributed by atoms with Crippen LogP contribution < -0.4 is 16.0 Å². The monoisotopic (exact) mass is 771 g/mol. The molecule has 12 rings (SSSR count). The summed E-state index contributed by atoms with van der Waals surface area (Å²) >= 11 is 3.89. The first-order chi connectivity index (χ1) is 28.2. The van der Waals surface area contributed by atoms with Gasteiger partial charge in [0.25, 0.3) is 0 Å². The molecule has 9 aromatic rings. The molecule has 7 aromatic carbocycles. The summed E-state index contributed by atoms with van der Waals surface area (Å²) in [6.45, 7) is 0. The highest BCUT2D eigenvalue weighted by molar-refractivity contribution is 8.01. The van der Waals surface area contributed by atoms with Crippen molar-refractivity contribution in [2.45, 2.75) is 34.6 Å². The Hall–Kier alpha value is -5.73. The standard InChI is InChI=1S/C51H37N3OS2/c1-3-13-30(14-4-1)49-52-50(31-15-5-2-6-16-31)54-51(53-49)42-25-11-20-37-36-19-10-21-38(45(36)55-46(37)42)39-22-12-24-41-40-23-9-18-33(47(40)57-48(39)41)32-27-28-35-34-17-7-8-26-43(34)56-44(35)29-32/h1-29,41,48-54H. The van der Waals surface area contributed by atoms with E-state index in [0.717, 1.165) is 33.1 Å². The summed E-state index contributed by atoms with van der Waals surface area (Å²) in [6, 6.07) is 57.1. The first-order valence-electron chi connectivity index (χ1n) is 19.7. The second-order valence-electron chi connectivity index (χ2n) is 15.2. The number of allylic oxidation sites excluding steroid dienone is 3. The molecule has 4 unspecified atom stereocenters. The third kappa shape index (κ3) is 5.47. The molecule has 3 aliphatic rings. The minimum atomic E-state index is -0.166. The van der Waals surface area contributed by atoms with Gasteiger partial charge < -0.3 is 4.42 Å². The molecule has 4 atom stereocenters. The van der Waals surface area contributed by atoms with E-state index in [2.05, 4.69) is 192 Å². The van der Waals surface area contributed by atoms with Crippen molar-refractivity contribution in [3.05, 3.63) is 204 Å². The number of rotatable bonds is 5. The van der Waals surface area contributed by atoms with E-state index in [4.69, 9.17) is 4.42 Å². The normalized spacial score (nSPS) is 21.6. The smallest absolute Gasteiger partial charge is 0.142 e. The van der Waals surface area contributed by atoms with E-state index < -0.39 is 0 Å². The highest BCUT2D eigenvalue weighted by atomic mass is 32.2. The maximum Gasteiger partial charge on any atom is 0.142 e. The molecule has 1 aliphatic carbocycles. The average molecular weight is 772 g/mol. The molecule has 2 aliphatic heterocycles. The number of hydrogen-bond acceptors (Lipinski definition) is 6. The molecule has 1 fully saturated rings. The molecule has 6 heteroatoms. The van der Waals surface area contributed by atoms with Gasteiger partial charge in [-0.3, -0.25) is 16.0 Å². The molecule has 4 nitrogen and oxygen atoms in total. The summed E-state index contributed by atoms with van der Waals surface area (Å²) in [6.07, 6.45) is 6.67. The fourth-order valence-electron chi connectivity index (χ4n) is 9.31. The molecule has 0 bridgehead atoms. The second kappa shape index (κ2) is 13.4. The van der Waals surface area contributed by atoms with Crippen LogP contribution in [0.15, 0.2) is 185 Å². The van der Waals surface area contributed by atoms with E-state index in [-0.39, 0.29) is 29.7 Å². The van der Waals surface area contributed by atoms with Crippen molar-refractivity contribution < 1.29 is 4.42 Å². The zero-order valence-corrected chi connectivity index (χ0v) is 32.5. The maximum atomic E-state index is 7.11. The minimum absolute atomic E-state index is 0.0632. The lowest BCUT2D eigenvalue weighted by Gasteiger charge is -2.39. The number of benzene rings is 7. The lowest BCUT2D eigenvalue weighted by atomic mass is 9.84. The van der Waals surface area contributed by atoms with Gasteiger partial charge in [0.2, 0.25) is 0 Å². The number of thiophene rings is 1. The maximum absolute atomic E-state index is 7.11. The van der Waals surface area contributed by atoms with Gasteiger partial charge in [0.15, 0.2) is 0 Å². The summed E-state index contributed by atoms with van der Waals surface area (Å²) < 4.78 is 9.79. The van der Waals surface area contributed by atoms with Gasteiger partial charge in [0.1, 0.15) is 11.2 Å². The SMILES string of the molecule is C1=CC2c3cccc(-c4ccc5c(c4)sc4ccccc45)c3SC2C(c2cccc3c2oc2c(C4NC(c5ccccc5)NC(c5ccccc5)N4)cccc23)=C1. The number of thioether (sulfide) groups is 1. The third-order valence-corrected chi connectivity index (χ3v) is 14.6. The number of para-hydroxylation sites is 2. The van der Waals surface area contributed by atoms with Crippen molar-refractivity contribution in [2.75, 3.05) is 0 Å². The van der Waals surface area contributed by atoms with E-state index in [1.807, 2.05) is 23.1 Å². The Morgan fingerprint density at radius 3 is 1.93 bits per heavy atom. The zero-order chi connectivity index (χ0) is 37.5. The van der Waals surface area contributed by atoms with Crippen LogP contribution >= 0.6 is 23.1 Å². The van der Waals surface area contributed by atoms with Crippen LogP contribution in [0.25, 0.3) is 58.8 Å². The van der Waals surface area contributed by atoms with Crippen molar-refractivity contribution in [2.24, 2.45) is 0 Å². The Morgan fingerprint density at radius 1 is 0.491 bits per heavy atom. The Kier molecular flexibility index (Phi) is 7.88. The Bertz CT molecular complexity index is 3030. The van der Waals surface area contributed by atoms with Gasteiger partial charge >= 0.3 is 0 Å². The summed E-state index contributed by atoms with van der Waals surface area (Å²) in [5.41, 5.74) is 11.8. The predicted molar refractivity (Wildman–Crippen MR) is 239 cm³/mol. The van der Waals surface area contributed by atoms with Gasteiger partial charge in [-0.1, -0.05) is 164 Å². The molecule has 1 saturated heterocycles. The molecule has 0 saturated carbocycles. The fourth-order valence-corrected chi connectivity index (χ4v) is 12.1. The van der Waals surface area contributed by atoms with Crippen molar-refractivity contribution >= 4 is 70.8 Å². The first kappa shape index (κ1) is 33.4. The lowest BCUT2D eigenvalue weighted by Crippen LogP contribution is -2.54. The summed E-state index contributed by atoms with van der Waals surface area (Å²) in [4.78, 5) is 1.38. The summed E-state index contributed by atoms with van der Waals surface area (Å²) in [5.74, 6) is 0.279. The minimum Gasteiger partial charge on any atom is -0.455 e. The quantitative estimate of drug-likeness (QED) is 0.163. The molecule has 274 valence electrons. The van der Waals surface area contributed by atoms with Crippen LogP contribution in [0.2, 0.25) is 0 Å². The largest absolute Gasteiger partial charge is 0.455 e. The summed E-state index contributed by atoms with van der Waals surface area (Å²) in [5, 5.41) is 16.7. The molecular formula is C51H37N3OS2. The van der Waals surface area contributed by atoms with Gasteiger partial charge in [-0.15, -0.1) is 23.1 Å². The van der Waals surface area contributed by atoms with Gasteiger partial charge in [-0.25, -0.2) is 0 Å². The molecule has 0 radical (unpaired) electrons. The number of nitrogens with one attached hydrogen (secondary N) is 3. The lowest BCUT2D eigenvalue weighted by molar-refractivity contribution is 0.203. The van der Waals surface area contributed by atoms with Crippen LogP contribution in [-0.4, -0.2) is 5.25 Å². The number of fused-ring (bicyclic) bond motifs is 9. The number of furan rings is 1. The van der Waals surface area contributed by atoms with Crippen molar-refractivity contribution in [3.63, 3.8) is 0 Å². The van der Waals surface area contributed by atoms with Crippen LogP contribution in [0.1, 0.15) is 52.2 Å². The average Bonchev–Trinajstić information content (AvgIpc) is 3.98. The van der Waals surface area contributed by atoms with Crippen LogP contribution in [-0.2, 0) is 0 Å². The van der Waals surface area contributed by atoms with E-state index in [1.54, 1.807) is 0 Å². The van der Waals surface area contributed by atoms with Crippen molar-refractivity contribution in [1.29, 1.82) is 0 Å². The molecule has 2 aromatic heterocycles. The van der Waals surface area contributed by atoms with Crippen LogP contribution in [0.5, 0.6) is 0 Å². The Morgan fingerprint density at radius 2 is 1.12 bits per heavy atom. The molecule has 0 amide bonds. The van der Waals surface area contributed by atoms with Gasteiger partial charge in [-0.05, 0) is 45.5 Å². The Balaban J connectivity index is 0.922.